The van der Waals surface area contributed by atoms with Crippen LogP contribution in [0.3, 0.4) is 0 Å². The fraction of sp³-hybridized carbons (Fsp3) is 0.227. The Labute approximate surface area is 158 Å². The number of amides is 2. The van der Waals surface area contributed by atoms with Crippen molar-refractivity contribution in [3.8, 4) is 0 Å². The van der Waals surface area contributed by atoms with Gasteiger partial charge < -0.3 is 10.2 Å². The van der Waals surface area contributed by atoms with Crippen molar-refractivity contribution in [2.24, 2.45) is 0 Å². The number of nitrogens with one attached hydrogen (secondary N) is 1. The van der Waals surface area contributed by atoms with Crippen molar-refractivity contribution in [1.29, 1.82) is 0 Å². The van der Waals surface area contributed by atoms with Gasteiger partial charge in [-0.3, -0.25) is 14.6 Å². The molecule has 0 spiro atoms. The Bertz CT molecular complexity index is 958. The number of likely N-dealkylation sites (tertiary alicyclic amines) is 1. The summed E-state index contributed by atoms with van der Waals surface area (Å²) in [7, 11) is 0. The molecule has 1 aliphatic rings. The largest absolute Gasteiger partial charge is 0.349 e. The van der Waals surface area contributed by atoms with E-state index in [4.69, 9.17) is 0 Å². The fourth-order valence-electron chi connectivity index (χ4n) is 3.56. The van der Waals surface area contributed by atoms with Crippen LogP contribution in [0, 0.1) is 0 Å². The quantitative estimate of drug-likeness (QED) is 0.781. The van der Waals surface area contributed by atoms with Crippen LogP contribution in [0.25, 0.3) is 10.8 Å². The second kappa shape index (κ2) is 7.58. The van der Waals surface area contributed by atoms with E-state index < -0.39 is 0 Å². The normalized spacial score (nSPS) is 14.9. The van der Waals surface area contributed by atoms with Gasteiger partial charge >= 0.3 is 0 Å². The third-order valence-corrected chi connectivity index (χ3v) is 5.04. The second-order valence-corrected chi connectivity index (χ2v) is 6.78. The number of piperidine rings is 1. The summed E-state index contributed by atoms with van der Waals surface area (Å²) in [6.45, 7) is 1.24. The lowest BCUT2D eigenvalue weighted by Gasteiger charge is -2.32. The topological polar surface area (TPSA) is 62.3 Å². The first kappa shape index (κ1) is 17.2. The molecule has 0 saturated carbocycles. The van der Waals surface area contributed by atoms with Crippen molar-refractivity contribution in [3.05, 3.63) is 78.1 Å². The molecule has 0 atom stereocenters. The molecule has 1 N–H and O–H groups in total. The van der Waals surface area contributed by atoms with E-state index in [1.807, 2.05) is 53.4 Å². The van der Waals surface area contributed by atoms with Crippen LogP contribution in [-0.2, 0) is 0 Å². The highest BCUT2D eigenvalue weighted by atomic mass is 16.2. The van der Waals surface area contributed by atoms with Gasteiger partial charge in [0.1, 0.15) is 5.69 Å². The minimum atomic E-state index is -0.0543. The molecule has 1 aliphatic heterocycles. The predicted molar refractivity (Wildman–Crippen MR) is 105 cm³/mol. The Hall–Kier alpha value is -3.21. The molecule has 0 aliphatic carbocycles. The summed E-state index contributed by atoms with van der Waals surface area (Å²) < 4.78 is 0. The summed E-state index contributed by atoms with van der Waals surface area (Å²) in [6, 6.07) is 19.1. The third-order valence-electron chi connectivity index (χ3n) is 5.04. The first-order chi connectivity index (χ1) is 13.2. The summed E-state index contributed by atoms with van der Waals surface area (Å²) in [5.74, 6) is -0.101. The van der Waals surface area contributed by atoms with E-state index in [-0.39, 0.29) is 17.9 Å². The number of carbonyl (C=O) groups is 2. The second-order valence-electron chi connectivity index (χ2n) is 6.78. The summed E-state index contributed by atoms with van der Waals surface area (Å²) in [6.07, 6.45) is 3.12. The van der Waals surface area contributed by atoms with Gasteiger partial charge in [0.2, 0.25) is 0 Å². The number of hydrogen-bond donors (Lipinski definition) is 1. The van der Waals surface area contributed by atoms with Gasteiger partial charge in [0.05, 0.1) is 0 Å². The van der Waals surface area contributed by atoms with E-state index in [0.29, 0.717) is 24.3 Å². The van der Waals surface area contributed by atoms with Crippen LogP contribution < -0.4 is 5.32 Å². The molecule has 0 bridgehead atoms. The number of rotatable bonds is 3. The first-order valence-electron chi connectivity index (χ1n) is 9.21. The molecule has 2 heterocycles. The molecule has 2 aromatic carbocycles. The van der Waals surface area contributed by atoms with Crippen LogP contribution in [0.15, 0.2) is 66.9 Å². The van der Waals surface area contributed by atoms with Crippen molar-refractivity contribution in [2.75, 3.05) is 13.1 Å². The zero-order valence-electron chi connectivity index (χ0n) is 15.0. The highest BCUT2D eigenvalue weighted by Crippen LogP contribution is 2.19. The number of benzene rings is 2. The minimum Gasteiger partial charge on any atom is -0.349 e. The van der Waals surface area contributed by atoms with E-state index in [0.717, 1.165) is 23.6 Å². The Balaban J connectivity index is 1.39. The zero-order valence-corrected chi connectivity index (χ0v) is 15.0. The molecule has 1 aromatic heterocycles. The smallest absolute Gasteiger partial charge is 0.272 e. The maximum Gasteiger partial charge on any atom is 0.272 e. The van der Waals surface area contributed by atoms with Gasteiger partial charge in [-0.1, -0.05) is 42.5 Å². The van der Waals surface area contributed by atoms with E-state index in [2.05, 4.69) is 10.3 Å². The molecule has 5 heteroatoms. The van der Waals surface area contributed by atoms with E-state index in [1.165, 1.54) is 0 Å². The van der Waals surface area contributed by atoms with Crippen LogP contribution in [0.2, 0.25) is 0 Å². The van der Waals surface area contributed by atoms with Gasteiger partial charge in [-0.25, -0.2) is 0 Å². The number of aromatic nitrogens is 1. The van der Waals surface area contributed by atoms with Crippen LogP contribution in [-0.4, -0.2) is 40.8 Å². The minimum absolute atomic E-state index is 0.0468. The molecule has 27 heavy (non-hydrogen) atoms. The van der Waals surface area contributed by atoms with Crippen molar-refractivity contribution in [1.82, 2.24) is 15.2 Å². The highest BCUT2D eigenvalue weighted by Gasteiger charge is 2.25. The van der Waals surface area contributed by atoms with Crippen LogP contribution in [0.1, 0.15) is 33.7 Å². The Morgan fingerprint density at radius 1 is 0.926 bits per heavy atom. The standard InChI is InChI=1S/C22H21N3O2/c26-21(19-9-5-7-16-6-1-2-8-18(16)19)24-17-11-14-25(15-12-17)22(27)20-10-3-4-13-23-20/h1-10,13,17H,11-12,14-15H2,(H,24,26). The lowest BCUT2D eigenvalue weighted by atomic mass is 10.0. The molecular weight excluding hydrogens is 338 g/mol. The molecule has 1 fully saturated rings. The number of carbonyl (C=O) groups excluding carboxylic acids is 2. The number of pyridine rings is 1. The van der Waals surface area contributed by atoms with Gasteiger partial charge in [-0.05, 0) is 41.8 Å². The summed E-state index contributed by atoms with van der Waals surface area (Å²) in [4.78, 5) is 31.2. The fourth-order valence-corrected chi connectivity index (χ4v) is 3.56. The van der Waals surface area contributed by atoms with Gasteiger partial charge in [-0.15, -0.1) is 0 Å². The number of nitrogens with zero attached hydrogens (tertiary/aromatic N) is 2. The van der Waals surface area contributed by atoms with Crippen molar-refractivity contribution >= 4 is 22.6 Å². The van der Waals surface area contributed by atoms with Crippen molar-refractivity contribution < 1.29 is 9.59 Å². The van der Waals surface area contributed by atoms with Gasteiger partial charge in [0.15, 0.2) is 0 Å². The summed E-state index contributed by atoms with van der Waals surface area (Å²) in [5, 5.41) is 5.15. The SMILES string of the molecule is O=C(NC1CCN(C(=O)c2ccccn2)CC1)c1cccc2ccccc12. The van der Waals surface area contributed by atoms with Crippen LogP contribution in [0.4, 0.5) is 0 Å². The average molecular weight is 359 g/mol. The molecule has 136 valence electrons. The lowest BCUT2D eigenvalue weighted by Crippen LogP contribution is -2.46. The van der Waals surface area contributed by atoms with Crippen molar-refractivity contribution in [2.45, 2.75) is 18.9 Å². The van der Waals surface area contributed by atoms with Gasteiger partial charge in [0.25, 0.3) is 11.8 Å². The average Bonchev–Trinajstić information content (AvgIpc) is 2.74. The Morgan fingerprint density at radius 2 is 1.67 bits per heavy atom. The highest BCUT2D eigenvalue weighted by molar-refractivity contribution is 6.07. The van der Waals surface area contributed by atoms with E-state index >= 15 is 0 Å². The van der Waals surface area contributed by atoms with E-state index in [9.17, 15) is 9.59 Å². The first-order valence-corrected chi connectivity index (χ1v) is 9.21. The molecule has 5 nitrogen and oxygen atoms in total. The summed E-state index contributed by atoms with van der Waals surface area (Å²) >= 11 is 0. The Kier molecular flexibility index (Phi) is 4.83. The molecule has 0 radical (unpaired) electrons. The zero-order chi connectivity index (χ0) is 18.6. The molecule has 0 unspecified atom stereocenters. The van der Waals surface area contributed by atoms with Crippen LogP contribution >= 0.6 is 0 Å². The number of fused-ring (bicyclic) bond motifs is 1. The molecule has 3 aromatic rings. The lowest BCUT2D eigenvalue weighted by molar-refractivity contribution is 0.0692. The Morgan fingerprint density at radius 3 is 2.44 bits per heavy atom. The molecular formula is C22H21N3O2. The van der Waals surface area contributed by atoms with Gasteiger partial charge in [0, 0.05) is 30.9 Å². The van der Waals surface area contributed by atoms with Crippen LogP contribution in [0.5, 0.6) is 0 Å². The maximum absolute atomic E-state index is 12.8. The predicted octanol–water partition coefficient (Wildman–Crippen LogP) is 3.27. The third kappa shape index (κ3) is 3.67. The summed E-state index contributed by atoms with van der Waals surface area (Å²) in [5.41, 5.74) is 1.16. The van der Waals surface area contributed by atoms with E-state index in [1.54, 1.807) is 18.3 Å². The molecule has 2 amide bonds. The number of hydrogen-bond acceptors (Lipinski definition) is 3. The molecule has 1 saturated heterocycles. The van der Waals surface area contributed by atoms with Crippen molar-refractivity contribution in [3.63, 3.8) is 0 Å². The molecule has 4 rings (SSSR count). The van der Waals surface area contributed by atoms with Gasteiger partial charge in [-0.2, -0.15) is 0 Å². The monoisotopic (exact) mass is 359 g/mol. The maximum atomic E-state index is 12.8.